The van der Waals surface area contributed by atoms with Gasteiger partial charge in [0.25, 0.3) is 5.91 Å². The van der Waals surface area contributed by atoms with Crippen molar-refractivity contribution in [1.29, 1.82) is 0 Å². The van der Waals surface area contributed by atoms with Gasteiger partial charge in [-0.25, -0.2) is 13.1 Å². The van der Waals surface area contributed by atoms with Gasteiger partial charge in [-0.05, 0) is 62.2 Å². The third-order valence-electron chi connectivity index (χ3n) is 4.76. The van der Waals surface area contributed by atoms with Crippen molar-refractivity contribution in [2.45, 2.75) is 44.2 Å². The Labute approximate surface area is 184 Å². The second-order valence-electron chi connectivity index (χ2n) is 7.09. The van der Waals surface area contributed by atoms with Crippen LogP contribution in [0.1, 0.15) is 38.8 Å². The number of carbonyl (C=O) groups excluding carboxylic acids is 1. The lowest BCUT2D eigenvalue weighted by Crippen LogP contribution is -2.32. The second-order valence-corrected chi connectivity index (χ2v) is 8.81. The highest BCUT2D eigenvalue weighted by Gasteiger charge is 2.17. The number of hydrogen-bond donors (Lipinski definition) is 2. The summed E-state index contributed by atoms with van der Waals surface area (Å²) >= 11 is 0. The fourth-order valence-electron chi connectivity index (χ4n) is 2.77. The third-order valence-corrected chi connectivity index (χ3v) is 6.36. The van der Waals surface area contributed by atoms with E-state index in [4.69, 9.17) is 14.2 Å². The van der Waals surface area contributed by atoms with Crippen LogP contribution in [0.15, 0.2) is 47.4 Å². The third kappa shape index (κ3) is 6.86. The largest absolute Gasteiger partial charge is 0.493 e. The SMILES string of the molecule is CC[C@H](C)NS(=O)(=O)c1ccc(OCC(=O)N[C@@H](C)c2ccc(OC)c(OC)c2)cc1. The van der Waals surface area contributed by atoms with Crippen molar-refractivity contribution >= 4 is 15.9 Å². The Morgan fingerprint density at radius 3 is 2.23 bits per heavy atom. The first-order chi connectivity index (χ1) is 14.7. The molecule has 1 amide bonds. The van der Waals surface area contributed by atoms with Gasteiger partial charge in [0.2, 0.25) is 10.0 Å². The van der Waals surface area contributed by atoms with Gasteiger partial charge in [-0.1, -0.05) is 13.0 Å². The summed E-state index contributed by atoms with van der Waals surface area (Å²) in [6.07, 6.45) is 0.692. The van der Waals surface area contributed by atoms with Gasteiger partial charge in [-0.15, -0.1) is 0 Å². The molecule has 0 saturated carbocycles. The lowest BCUT2D eigenvalue weighted by atomic mass is 10.1. The quantitative estimate of drug-likeness (QED) is 0.546. The summed E-state index contributed by atoms with van der Waals surface area (Å²) in [6.45, 7) is 5.36. The van der Waals surface area contributed by atoms with Crippen LogP contribution >= 0.6 is 0 Å². The zero-order valence-electron chi connectivity index (χ0n) is 18.5. The van der Waals surface area contributed by atoms with Crippen molar-refractivity contribution in [3.8, 4) is 17.2 Å². The van der Waals surface area contributed by atoms with Gasteiger partial charge in [-0.3, -0.25) is 4.79 Å². The van der Waals surface area contributed by atoms with Gasteiger partial charge < -0.3 is 19.5 Å². The molecule has 0 bridgehead atoms. The first-order valence-corrected chi connectivity index (χ1v) is 11.4. The van der Waals surface area contributed by atoms with Gasteiger partial charge in [0.15, 0.2) is 18.1 Å². The van der Waals surface area contributed by atoms with E-state index in [0.29, 0.717) is 23.7 Å². The van der Waals surface area contributed by atoms with Crippen molar-refractivity contribution in [2.24, 2.45) is 0 Å². The summed E-state index contributed by atoms with van der Waals surface area (Å²) in [7, 11) is -0.470. The van der Waals surface area contributed by atoms with Gasteiger partial charge >= 0.3 is 0 Å². The molecule has 0 radical (unpaired) electrons. The maximum atomic E-state index is 12.3. The first kappa shape index (κ1) is 24.5. The predicted molar refractivity (Wildman–Crippen MR) is 118 cm³/mol. The van der Waals surface area contributed by atoms with Crippen molar-refractivity contribution in [3.63, 3.8) is 0 Å². The van der Waals surface area contributed by atoms with E-state index in [1.165, 1.54) is 24.3 Å². The van der Waals surface area contributed by atoms with Crippen molar-refractivity contribution in [3.05, 3.63) is 48.0 Å². The molecule has 0 aliphatic heterocycles. The van der Waals surface area contributed by atoms with Gasteiger partial charge in [0.05, 0.1) is 25.2 Å². The molecule has 2 rings (SSSR count). The fraction of sp³-hybridized carbons (Fsp3) is 0.409. The molecule has 0 fully saturated rings. The average Bonchev–Trinajstić information content (AvgIpc) is 2.76. The van der Waals surface area contributed by atoms with E-state index in [-0.39, 0.29) is 29.5 Å². The second kappa shape index (κ2) is 11.0. The van der Waals surface area contributed by atoms with E-state index in [2.05, 4.69) is 10.0 Å². The Balaban J connectivity index is 1.92. The Bertz CT molecular complexity index is 976. The lowest BCUT2D eigenvalue weighted by molar-refractivity contribution is -0.123. The van der Waals surface area contributed by atoms with Crippen molar-refractivity contribution in [2.75, 3.05) is 20.8 Å². The van der Waals surface area contributed by atoms with Crippen LogP contribution in [0.2, 0.25) is 0 Å². The molecule has 31 heavy (non-hydrogen) atoms. The summed E-state index contributed by atoms with van der Waals surface area (Å²) in [6, 6.07) is 10.9. The van der Waals surface area contributed by atoms with Gasteiger partial charge in [0.1, 0.15) is 5.75 Å². The molecular weight excluding hydrogens is 420 g/mol. The number of sulfonamides is 1. The molecule has 2 atom stereocenters. The molecule has 8 nitrogen and oxygen atoms in total. The number of rotatable bonds is 11. The van der Waals surface area contributed by atoms with E-state index in [0.717, 1.165) is 5.56 Å². The molecule has 2 aromatic carbocycles. The number of methoxy groups -OCH3 is 2. The molecule has 9 heteroatoms. The molecule has 0 unspecified atom stereocenters. The van der Waals surface area contributed by atoms with Crippen LogP contribution in [0.5, 0.6) is 17.2 Å². The maximum Gasteiger partial charge on any atom is 0.258 e. The van der Waals surface area contributed by atoms with E-state index < -0.39 is 10.0 Å². The minimum atomic E-state index is -3.58. The van der Waals surface area contributed by atoms with Crippen LogP contribution in [-0.2, 0) is 14.8 Å². The monoisotopic (exact) mass is 450 g/mol. The topological polar surface area (TPSA) is 103 Å². The van der Waals surface area contributed by atoms with Crippen LogP contribution in [-0.4, -0.2) is 41.2 Å². The minimum Gasteiger partial charge on any atom is -0.493 e. The van der Waals surface area contributed by atoms with Crippen LogP contribution in [0.4, 0.5) is 0 Å². The van der Waals surface area contributed by atoms with Gasteiger partial charge in [0, 0.05) is 6.04 Å². The highest BCUT2D eigenvalue weighted by molar-refractivity contribution is 7.89. The Hall–Kier alpha value is -2.78. The smallest absolute Gasteiger partial charge is 0.258 e. The summed E-state index contributed by atoms with van der Waals surface area (Å²) in [5.41, 5.74) is 0.856. The molecule has 0 aliphatic rings. The van der Waals surface area contributed by atoms with Crippen LogP contribution in [0.3, 0.4) is 0 Å². The van der Waals surface area contributed by atoms with Crippen LogP contribution in [0, 0.1) is 0 Å². The molecule has 170 valence electrons. The number of nitrogens with one attached hydrogen (secondary N) is 2. The van der Waals surface area contributed by atoms with Crippen molar-refractivity contribution in [1.82, 2.24) is 10.0 Å². The van der Waals surface area contributed by atoms with E-state index in [1.54, 1.807) is 33.3 Å². The number of hydrogen-bond acceptors (Lipinski definition) is 6. The van der Waals surface area contributed by atoms with Crippen LogP contribution in [0.25, 0.3) is 0 Å². The highest BCUT2D eigenvalue weighted by Crippen LogP contribution is 2.29. The van der Waals surface area contributed by atoms with E-state index in [9.17, 15) is 13.2 Å². The molecule has 0 spiro atoms. The Morgan fingerprint density at radius 1 is 1.00 bits per heavy atom. The lowest BCUT2D eigenvalue weighted by Gasteiger charge is -2.17. The zero-order chi connectivity index (χ0) is 23.0. The summed E-state index contributed by atoms with van der Waals surface area (Å²) in [4.78, 5) is 12.4. The molecule has 0 saturated heterocycles. The van der Waals surface area contributed by atoms with Crippen molar-refractivity contribution < 1.29 is 27.4 Å². The van der Waals surface area contributed by atoms with Crippen LogP contribution < -0.4 is 24.2 Å². The van der Waals surface area contributed by atoms with E-state index >= 15 is 0 Å². The van der Waals surface area contributed by atoms with Gasteiger partial charge in [-0.2, -0.15) is 0 Å². The molecule has 0 heterocycles. The standard InChI is InChI=1S/C22H30N2O6S/c1-6-15(2)24-31(26,27)19-10-8-18(9-11-19)30-14-22(25)23-16(3)17-7-12-20(28-4)21(13-17)29-5/h7-13,15-16,24H,6,14H2,1-5H3,(H,23,25)/t15-,16-/m0/s1. The normalized spacial score (nSPS) is 13.2. The average molecular weight is 451 g/mol. The maximum absolute atomic E-state index is 12.3. The number of amides is 1. The molecule has 0 aromatic heterocycles. The summed E-state index contributed by atoms with van der Waals surface area (Å²) in [5.74, 6) is 1.28. The van der Waals surface area contributed by atoms with E-state index in [1.807, 2.05) is 19.9 Å². The Morgan fingerprint density at radius 2 is 1.65 bits per heavy atom. The fourth-order valence-corrected chi connectivity index (χ4v) is 4.10. The predicted octanol–water partition coefficient (Wildman–Crippen LogP) is 3.04. The molecular formula is C22H30N2O6S. The summed E-state index contributed by atoms with van der Waals surface area (Å²) < 4.78 is 43.2. The zero-order valence-corrected chi connectivity index (χ0v) is 19.3. The first-order valence-electron chi connectivity index (χ1n) is 9.96. The molecule has 2 aromatic rings. The minimum absolute atomic E-state index is 0.145. The highest BCUT2D eigenvalue weighted by atomic mass is 32.2. The Kier molecular flexibility index (Phi) is 8.70. The molecule has 2 N–H and O–H groups in total. The number of benzene rings is 2. The number of carbonyl (C=O) groups is 1. The molecule has 0 aliphatic carbocycles. The number of ether oxygens (including phenoxy) is 3. The summed E-state index contributed by atoms with van der Waals surface area (Å²) in [5, 5.41) is 2.85.